The second kappa shape index (κ2) is 4.44. The van der Waals surface area contributed by atoms with Crippen LogP contribution < -0.4 is 0 Å². The number of aliphatic hydroxyl groups is 1. The summed E-state index contributed by atoms with van der Waals surface area (Å²) in [5, 5.41) is 10.0. The predicted molar refractivity (Wildman–Crippen MR) is 73.7 cm³/mol. The highest BCUT2D eigenvalue weighted by Gasteiger charge is 2.64. The molecular weight excluding hydrogens is 240 g/mol. The van der Waals surface area contributed by atoms with Gasteiger partial charge < -0.3 is 14.6 Å². The molecule has 2 aliphatic carbocycles. The second-order valence-corrected chi connectivity index (χ2v) is 7.42. The summed E-state index contributed by atoms with van der Waals surface area (Å²) < 4.78 is 12.2. The SMILES string of the molecule is C[C@@H]1CC[C@@]2(C)[C@H](CCCC23OCCO3)[C@@]1(C)CO. The molecule has 3 rings (SSSR count). The molecule has 1 aliphatic heterocycles. The molecule has 0 radical (unpaired) electrons. The Morgan fingerprint density at radius 2 is 1.79 bits per heavy atom. The highest BCUT2D eigenvalue weighted by molar-refractivity contribution is 5.09. The van der Waals surface area contributed by atoms with Crippen LogP contribution in [0.3, 0.4) is 0 Å². The Hall–Kier alpha value is -0.120. The summed E-state index contributed by atoms with van der Waals surface area (Å²) in [5.41, 5.74) is 0.0709. The van der Waals surface area contributed by atoms with E-state index in [2.05, 4.69) is 20.8 Å². The van der Waals surface area contributed by atoms with Crippen LogP contribution in [0.15, 0.2) is 0 Å². The number of ether oxygens (including phenoxy) is 2. The fourth-order valence-electron chi connectivity index (χ4n) is 5.22. The maximum Gasteiger partial charge on any atom is 0.174 e. The average molecular weight is 268 g/mol. The molecule has 0 aromatic carbocycles. The first-order valence-electron chi connectivity index (χ1n) is 7.87. The molecule has 1 spiro atoms. The first kappa shape index (κ1) is 13.8. The van der Waals surface area contributed by atoms with Crippen molar-refractivity contribution in [3.63, 3.8) is 0 Å². The Bertz CT molecular complexity index is 350. The van der Waals surface area contributed by atoms with Gasteiger partial charge in [-0.15, -0.1) is 0 Å². The molecule has 1 saturated heterocycles. The van der Waals surface area contributed by atoms with Crippen LogP contribution in [-0.4, -0.2) is 30.7 Å². The van der Waals surface area contributed by atoms with Gasteiger partial charge in [0.05, 0.1) is 13.2 Å². The highest BCUT2D eigenvalue weighted by atomic mass is 16.7. The van der Waals surface area contributed by atoms with Crippen LogP contribution in [0.5, 0.6) is 0 Å². The lowest BCUT2D eigenvalue weighted by atomic mass is 9.46. The van der Waals surface area contributed by atoms with E-state index in [-0.39, 0.29) is 23.2 Å². The number of aliphatic hydroxyl groups excluding tert-OH is 1. The zero-order chi connectivity index (χ0) is 13.7. The maximum atomic E-state index is 10.0. The molecule has 0 unspecified atom stereocenters. The van der Waals surface area contributed by atoms with Gasteiger partial charge in [0.1, 0.15) is 0 Å². The summed E-state index contributed by atoms with van der Waals surface area (Å²) in [5.74, 6) is 0.708. The number of fused-ring (bicyclic) bond motifs is 2. The molecule has 110 valence electrons. The van der Waals surface area contributed by atoms with Gasteiger partial charge in [-0.2, -0.15) is 0 Å². The number of hydrogen-bond acceptors (Lipinski definition) is 3. The summed E-state index contributed by atoms with van der Waals surface area (Å²) in [6.45, 7) is 8.66. The van der Waals surface area contributed by atoms with Gasteiger partial charge in [-0.25, -0.2) is 0 Å². The van der Waals surface area contributed by atoms with E-state index in [0.29, 0.717) is 11.8 Å². The molecule has 0 aromatic rings. The van der Waals surface area contributed by atoms with Crippen molar-refractivity contribution in [2.24, 2.45) is 22.7 Å². The molecule has 2 saturated carbocycles. The minimum absolute atomic E-state index is 0.00965. The standard InChI is InChI=1S/C16H28O3/c1-12-6-8-15(3)13(14(12,2)11-17)5-4-7-16(15)18-9-10-19-16/h12-13,17H,4-11H2,1-3H3/t12-,13-,14+,15+/m1/s1. The van der Waals surface area contributed by atoms with E-state index in [0.717, 1.165) is 32.5 Å². The monoisotopic (exact) mass is 268 g/mol. The zero-order valence-electron chi connectivity index (χ0n) is 12.6. The molecule has 3 nitrogen and oxygen atoms in total. The summed E-state index contributed by atoms with van der Waals surface area (Å²) in [6, 6.07) is 0. The molecule has 0 amide bonds. The Morgan fingerprint density at radius 1 is 1.11 bits per heavy atom. The van der Waals surface area contributed by atoms with Crippen LogP contribution in [0.2, 0.25) is 0 Å². The van der Waals surface area contributed by atoms with Crippen LogP contribution in [0, 0.1) is 22.7 Å². The Kier molecular flexibility index (Phi) is 3.23. The Morgan fingerprint density at radius 3 is 2.42 bits per heavy atom. The van der Waals surface area contributed by atoms with Crippen molar-refractivity contribution in [3.05, 3.63) is 0 Å². The van der Waals surface area contributed by atoms with E-state index < -0.39 is 0 Å². The minimum atomic E-state index is -0.369. The van der Waals surface area contributed by atoms with Gasteiger partial charge in [-0.1, -0.05) is 20.8 Å². The molecule has 3 heteroatoms. The molecule has 0 bridgehead atoms. The van der Waals surface area contributed by atoms with E-state index in [4.69, 9.17) is 9.47 Å². The van der Waals surface area contributed by atoms with Gasteiger partial charge >= 0.3 is 0 Å². The van der Waals surface area contributed by atoms with Gasteiger partial charge in [0.2, 0.25) is 0 Å². The van der Waals surface area contributed by atoms with Gasteiger partial charge in [-0.05, 0) is 42.9 Å². The second-order valence-electron chi connectivity index (χ2n) is 7.42. The van der Waals surface area contributed by atoms with Crippen molar-refractivity contribution < 1.29 is 14.6 Å². The molecule has 1 heterocycles. The third kappa shape index (κ3) is 1.68. The van der Waals surface area contributed by atoms with E-state index >= 15 is 0 Å². The van der Waals surface area contributed by atoms with Crippen LogP contribution in [0.25, 0.3) is 0 Å². The van der Waals surface area contributed by atoms with Crippen molar-refractivity contribution in [1.82, 2.24) is 0 Å². The van der Waals surface area contributed by atoms with Crippen LogP contribution in [0.1, 0.15) is 52.9 Å². The highest BCUT2D eigenvalue weighted by Crippen LogP contribution is 2.64. The first-order valence-corrected chi connectivity index (χ1v) is 7.87. The van der Waals surface area contributed by atoms with Crippen molar-refractivity contribution in [1.29, 1.82) is 0 Å². The van der Waals surface area contributed by atoms with Crippen molar-refractivity contribution >= 4 is 0 Å². The zero-order valence-corrected chi connectivity index (χ0v) is 12.6. The third-order valence-corrected chi connectivity index (χ3v) is 6.75. The Labute approximate surface area is 116 Å². The number of rotatable bonds is 1. The average Bonchev–Trinajstić information content (AvgIpc) is 2.87. The molecule has 3 aliphatic rings. The fourth-order valence-corrected chi connectivity index (χ4v) is 5.22. The summed E-state index contributed by atoms with van der Waals surface area (Å²) in [6.07, 6.45) is 5.71. The summed E-state index contributed by atoms with van der Waals surface area (Å²) in [7, 11) is 0. The smallest absolute Gasteiger partial charge is 0.174 e. The molecule has 0 aromatic heterocycles. The van der Waals surface area contributed by atoms with Gasteiger partial charge in [0, 0.05) is 18.4 Å². The van der Waals surface area contributed by atoms with Gasteiger partial charge in [-0.3, -0.25) is 0 Å². The van der Waals surface area contributed by atoms with Crippen LogP contribution in [0.4, 0.5) is 0 Å². The topological polar surface area (TPSA) is 38.7 Å². The lowest BCUT2D eigenvalue weighted by Gasteiger charge is -2.62. The molecule has 1 N–H and O–H groups in total. The predicted octanol–water partition coefficient (Wildman–Crippen LogP) is 2.96. The molecule has 3 fully saturated rings. The lowest BCUT2D eigenvalue weighted by molar-refractivity contribution is -0.299. The number of hydrogen-bond donors (Lipinski definition) is 1. The third-order valence-electron chi connectivity index (χ3n) is 6.75. The summed E-state index contributed by atoms with van der Waals surface area (Å²) in [4.78, 5) is 0. The van der Waals surface area contributed by atoms with Crippen molar-refractivity contribution in [2.45, 2.75) is 58.7 Å². The van der Waals surface area contributed by atoms with E-state index in [1.165, 1.54) is 12.8 Å². The van der Waals surface area contributed by atoms with E-state index in [9.17, 15) is 5.11 Å². The van der Waals surface area contributed by atoms with E-state index in [1.807, 2.05) is 0 Å². The van der Waals surface area contributed by atoms with Crippen LogP contribution in [-0.2, 0) is 9.47 Å². The lowest BCUT2D eigenvalue weighted by Crippen LogP contribution is -2.62. The van der Waals surface area contributed by atoms with Gasteiger partial charge in [0.15, 0.2) is 5.79 Å². The summed E-state index contributed by atoms with van der Waals surface area (Å²) >= 11 is 0. The van der Waals surface area contributed by atoms with Gasteiger partial charge in [0.25, 0.3) is 0 Å². The first-order chi connectivity index (χ1) is 8.98. The minimum Gasteiger partial charge on any atom is -0.396 e. The maximum absolute atomic E-state index is 10.0. The van der Waals surface area contributed by atoms with E-state index in [1.54, 1.807) is 0 Å². The molecule has 19 heavy (non-hydrogen) atoms. The van der Waals surface area contributed by atoms with Crippen molar-refractivity contribution in [3.8, 4) is 0 Å². The largest absolute Gasteiger partial charge is 0.396 e. The normalized spacial score (nSPS) is 49.3. The quantitative estimate of drug-likeness (QED) is 0.794. The Balaban J connectivity index is 2.00. The molecular formula is C16H28O3. The van der Waals surface area contributed by atoms with Crippen LogP contribution >= 0.6 is 0 Å². The van der Waals surface area contributed by atoms with Crippen molar-refractivity contribution in [2.75, 3.05) is 19.8 Å². The molecule has 4 atom stereocenters. The fraction of sp³-hybridized carbons (Fsp3) is 1.00.